The van der Waals surface area contributed by atoms with Crippen LogP contribution in [0, 0.1) is 17.5 Å². The van der Waals surface area contributed by atoms with Crippen molar-refractivity contribution in [3.05, 3.63) is 41.2 Å². The first-order valence-corrected chi connectivity index (χ1v) is 4.11. The molecule has 0 spiro atoms. The molecular weight excluding hydrogens is 191 g/mol. The second-order valence-corrected chi connectivity index (χ2v) is 2.74. The lowest BCUT2D eigenvalue weighted by molar-refractivity contribution is 0.540. The van der Waals surface area contributed by atoms with Crippen LogP contribution in [0.1, 0.15) is 5.56 Å². The van der Waals surface area contributed by atoms with Gasteiger partial charge in [0.25, 0.3) is 0 Å². The van der Waals surface area contributed by atoms with Gasteiger partial charge >= 0.3 is 0 Å². The summed E-state index contributed by atoms with van der Waals surface area (Å²) < 4.78 is 38.5. The zero-order valence-electron chi connectivity index (χ0n) is 7.65. The van der Waals surface area contributed by atoms with Gasteiger partial charge in [-0.2, -0.15) is 0 Å². The fourth-order valence-corrected chi connectivity index (χ4v) is 1.01. The Morgan fingerprint density at radius 3 is 2.29 bits per heavy atom. The van der Waals surface area contributed by atoms with Crippen LogP contribution in [-0.4, -0.2) is 13.6 Å². The van der Waals surface area contributed by atoms with E-state index < -0.39 is 17.5 Å². The second kappa shape index (κ2) is 4.81. The van der Waals surface area contributed by atoms with Crippen LogP contribution >= 0.6 is 0 Å². The fourth-order valence-electron chi connectivity index (χ4n) is 1.01. The van der Waals surface area contributed by atoms with Crippen LogP contribution in [0.2, 0.25) is 0 Å². The molecule has 0 saturated carbocycles. The number of rotatable bonds is 3. The van der Waals surface area contributed by atoms with Crippen molar-refractivity contribution in [1.82, 2.24) is 5.32 Å². The molecule has 14 heavy (non-hydrogen) atoms. The van der Waals surface area contributed by atoms with Gasteiger partial charge in [0.05, 0.1) is 0 Å². The van der Waals surface area contributed by atoms with Gasteiger partial charge in [0.1, 0.15) is 17.5 Å². The molecule has 0 aliphatic heterocycles. The van der Waals surface area contributed by atoms with Crippen molar-refractivity contribution in [2.45, 2.75) is 0 Å². The first kappa shape index (κ1) is 10.8. The summed E-state index contributed by atoms with van der Waals surface area (Å²) in [7, 11) is 1.71. The Bertz CT molecular complexity index is 324. The van der Waals surface area contributed by atoms with Crippen molar-refractivity contribution < 1.29 is 13.2 Å². The molecule has 0 bridgehead atoms. The first-order chi connectivity index (χ1) is 6.65. The third-order valence-electron chi connectivity index (χ3n) is 1.65. The van der Waals surface area contributed by atoms with E-state index in [1.807, 2.05) is 0 Å². The molecule has 76 valence electrons. The van der Waals surface area contributed by atoms with Crippen LogP contribution in [0.15, 0.2) is 18.2 Å². The Morgan fingerprint density at radius 1 is 1.21 bits per heavy atom. The highest BCUT2D eigenvalue weighted by Gasteiger charge is 2.07. The molecule has 0 saturated heterocycles. The van der Waals surface area contributed by atoms with Gasteiger partial charge in [0, 0.05) is 24.2 Å². The lowest BCUT2D eigenvalue weighted by atomic mass is 10.2. The zero-order valence-corrected chi connectivity index (χ0v) is 7.65. The van der Waals surface area contributed by atoms with Gasteiger partial charge in [-0.25, -0.2) is 13.2 Å². The van der Waals surface area contributed by atoms with Crippen molar-refractivity contribution >= 4 is 6.08 Å². The van der Waals surface area contributed by atoms with Crippen molar-refractivity contribution in [2.75, 3.05) is 13.6 Å². The summed E-state index contributed by atoms with van der Waals surface area (Å²) in [5.41, 5.74) is -0.221. The SMILES string of the molecule is CNCC=Cc1c(F)cc(F)cc1F. The molecule has 0 heterocycles. The monoisotopic (exact) mass is 201 g/mol. The first-order valence-electron chi connectivity index (χ1n) is 4.11. The average molecular weight is 201 g/mol. The Kier molecular flexibility index (Phi) is 3.71. The highest BCUT2D eigenvalue weighted by Crippen LogP contribution is 2.15. The molecule has 0 aliphatic carbocycles. The zero-order chi connectivity index (χ0) is 10.6. The number of hydrogen-bond acceptors (Lipinski definition) is 1. The number of hydrogen-bond donors (Lipinski definition) is 1. The molecule has 0 aromatic heterocycles. The van der Waals surface area contributed by atoms with Gasteiger partial charge in [0.2, 0.25) is 0 Å². The fraction of sp³-hybridized carbons (Fsp3) is 0.200. The van der Waals surface area contributed by atoms with E-state index in [1.54, 1.807) is 13.1 Å². The molecule has 0 fully saturated rings. The largest absolute Gasteiger partial charge is 0.316 e. The van der Waals surface area contributed by atoms with Crippen LogP contribution in [0.25, 0.3) is 6.08 Å². The Labute approximate surface area is 80.2 Å². The van der Waals surface area contributed by atoms with Gasteiger partial charge in [-0.05, 0) is 7.05 Å². The summed E-state index contributed by atoms with van der Waals surface area (Å²) in [6.07, 6.45) is 2.83. The minimum Gasteiger partial charge on any atom is -0.316 e. The minimum absolute atomic E-state index is 0.221. The Morgan fingerprint density at radius 2 is 1.79 bits per heavy atom. The van der Waals surface area contributed by atoms with Crippen molar-refractivity contribution in [2.24, 2.45) is 0 Å². The number of halogens is 3. The van der Waals surface area contributed by atoms with E-state index in [1.165, 1.54) is 6.08 Å². The maximum atomic E-state index is 13.0. The van der Waals surface area contributed by atoms with E-state index in [2.05, 4.69) is 5.32 Å². The van der Waals surface area contributed by atoms with Crippen LogP contribution in [0.4, 0.5) is 13.2 Å². The standard InChI is InChI=1S/C10H10F3N/c1-14-4-2-3-8-9(12)5-7(11)6-10(8)13/h2-3,5-6,14H,4H2,1H3. The molecule has 0 atom stereocenters. The molecule has 0 amide bonds. The highest BCUT2D eigenvalue weighted by molar-refractivity contribution is 5.50. The van der Waals surface area contributed by atoms with Crippen LogP contribution in [0.3, 0.4) is 0 Å². The maximum Gasteiger partial charge on any atom is 0.136 e. The number of nitrogens with one attached hydrogen (secondary N) is 1. The number of benzene rings is 1. The molecule has 0 aliphatic rings. The van der Waals surface area contributed by atoms with Gasteiger partial charge in [-0.1, -0.05) is 12.2 Å². The predicted molar refractivity (Wildman–Crippen MR) is 49.3 cm³/mol. The molecule has 1 nitrogen and oxygen atoms in total. The normalized spacial score (nSPS) is 11.1. The van der Waals surface area contributed by atoms with Crippen molar-refractivity contribution in [3.63, 3.8) is 0 Å². The lowest BCUT2D eigenvalue weighted by Gasteiger charge is -1.99. The molecule has 0 unspecified atom stereocenters. The van der Waals surface area contributed by atoms with Crippen LogP contribution in [-0.2, 0) is 0 Å². The highest BCUT2D eigenvalue weighted by atomic mass is 19.1. The summed E-state index contributed by atoms with van der Waals surface area (Å²) in [4.78, 5) is 0. The lowest BCUT2D eigenvalue weighted by Crippen LogP contribution is -2.04. The summed E-state index contributed by atoms with van der Waals surface area (Å²) >= 11 is 0. The van der Waals surface area contributed by atoms with E-state index in [0.717, 1.165) is 0 Å². The van der Waals surface area contributed by atoms with Crippen LogP contribution < -0.4 is 5.32 Å². The maximum absolute atomic E-state index is 13.0. The molecule has 4 heteroatoms. The summed E-state index contributed by atoms with van der Waals surface area (Å²) in [6, 6.07) is 1.31. The smallest absolute Gasteiger partial charge is 0.136 e. The third-order valence-corrected chi connectivity index (χ3v) is 1.65. The van der Waals surface area contributed by atoms with Gasteiger partial charge in [0.15, 0.2) is 0 Å². The summed E-state index contributed by atoms with van der Waals surface area (Å²) in [5.74, 6) is -2.70. The molecular formula is C10H10F3N. The molecule has 1 rings (SSSR count). The van der Waals surface area contributed by atoms with Crippen LogP contribution in [0.5, 0.6) is 0 Å². The van der Waals surface area contributed by atoms with E-state index in [0.29, 0.717) is 18.7 Å². The minimum atomic E-state index is -0.911. The van der Waals surface area contributed by atoms with Gasteiger partial charge < -0.3 is 5.32 Å². The van der Waals surface area contributed by atoms with Crippen molar-refractivity contribution in [3.8, 4) is 0 Å². The Hall–Kier alpha value is -1.29. The van der Waals surface area contributed by atoms with Gasteiger partial charge in [-0.15, -0.1) is 0 Å². The topological polar surface area (TPSA) is 12.0 Å². The van der Waals surface area contributed by atoms with Gasteiger partial charge in [-0.3, -0.25) is 0 Å². The molecule has 0 radical (unpaired) electrons. The van der Waals surface area contributed by atoms with E-state index in [-0.39, 0.29) is 5.56 Å². The summed E-state index contributed by atoms with van der Waals surface area (Å²) in [6.45, 7) is 0.496. The van der Waals surface area contributed by atoms with E-state index >= 15 is 0 Å². The van der Waals surface area contributed by atoms with E-state index in [4.69, 9.17) is 0 Å². The van der Waals surface area contributed by atoms with E-state index in [9.17, 15) is 13.2 Å². The average Bonchev–Trinajstić information content (AvgIpc) is 2.09. The molecule has 1 aromatic carbocycles. The molecule has 1 aromatic rings. The summed E-state index contributed by atoms with van der Waals surface area (Å²) in [5, 5.41) is 2.78. The predicted octanol–water partition coefficient (Wildman–Crippen LogP) is 2.34. The number of likely N-dealkylation sites (N-methyl/N-ethyl adjacent to an activating group) is 1. The second-order valence-electron chi connectivity index (χ2n) is 2.74. The Balaban J connectivity index is 2.96. The van der Waals surface area contributed by atoms with Crippen molar-refractivity contribution in [1.29, 1.82) is 0 Å². The molecule has 1 N–H and O–H groups in total. The quantitative estimate of drug-likeness (QED) is 0.791. The third kappa shape index (κ3) is 2.60.